The highest BCUT2D eigenvalue weighted by atomic mass is 16.6. The minimum absolute atomic E-state index is 0.170. The first-order valence-electron chi connectivity index (χ1n) is 6.47. The Morgan fingerprint density at radius 2 is 2.00 bits per heavy atom. The van der Waals surface area contributed by atoms with E-state index in [1.807, 2.05) is 24.3 Å². The molecule has 1 aromatic carbocycles. The zero-order valence-electron chi connectivity index (χ0n) is 10.2. The first-order chi connectivity index (χ1) is 9.40. The Morgan fingerprint density at radius 1 is 1.16 bits per heavy atom. The van der Waals surface area contributed by atoms with E-state index in [0.29, 0.717) is 0 Å². The van der Waals surface area contributed by atoms with E-state index in [9.17, 15) is 0 Å². The number of rotatable bonds is 0. The van der Waals surface area contributed by atoms with Gasteiger partial charge in [0, 0.05) is 0 Å². The topological polar surface area (TPSA) is 41.5 Å². The van der Waals surface area contributed by atoms with Crippen LogP contribution in [0.3, 0.4) is 0 Å². The summed E-state index contributed by atoms with van der Waals surface area (Å²) in [6.45, 7) is 0.793. The van der Waals surface area contributed by atoms with Gasteiger partial charge in [-0.1, -0.05) is 24.3 Å². The van der Waals surface area contributed by atoms with Crippen molar-refractivity contribution in [3.8, 4) is 0 Å². The molecular formula is C15H11N3O. The second kappa shape index (κ2) is 3.22. The predicted octanol–water partition coefficient (Wildman–Crippen LogP) is 2.08. The van der Waals surface area contributed by atoms with Crippen molar-refractivity contribution in [2.24, 2.45) is 0 Å². The lowest BCUT2D eigenvalue weighted by molar-refractivity contribution is 0.248. The van der Waals surface area contributed by atoms with Gasteiger partial charge >= 0.3 is 0 Å². The van der Waals surface area contributed by atoms with Gasteiger partial charge in [-0.05, 0) is 18.2 Å². The molecule has 3 aliphatic rings. The van der Waals surface area contributed by atoms with Gasteiger partial charge in [0.1, 0.15) is 11.8 Å². The summed E-state index contributed by atoms with van der Waals surface area (Å²) in [7, 11) is 0. The van der Waals surface area contributed by atoms with Gasteiger partial charge in [0.15, 0.2) is 6.23 Å². The van der Waals surface area contributed by atoms with Crippen molar-refractivity contribution >= 4 is 16.7 Å². The Kier molecular flexibility index (Phi) is 1.64. The lowest BCUT2D eigenvalue weighted by Crippen LogP contribution is -2.20. The Hall–Kier alpha value is -2.20. The number of hydrogen-bond acceptors (Lipinski definition) is 4. The summed E-state index contributed by atoms with van der Waals surface area (Å²) in [6, 6.07) is 8.02. The number of ether oxygens (including phenoxy) is 1. The number of allylic oxidation sites excluding steroid dienone is 2. The molecule has 1 aromatic heterocycles. The normalized spacial score (nSPS) is 26.5. The molecule has 3 aliphatic heterocycles. The molecule has 0 spiro atoms. The average Bonchev–Trinajstić information content (AvgIpc) is 3.14. The maximum atomic E-state index is 5.64. The van der Waals surface area contributed by atoms with Crippen LogP contribution in [0.25, 0.3) is 16.7 Å². The van der Waals surface area contributed by atoms with Crippen LogP contribution < -0.4 is 0 Å². The average molecular weight is 249 g/mol. The van der Waals surface area contributed by atoms with E-state index in [1.165, 1.54) is 0 Å². The van der Waals surface area contributed by atoms with E-state index in [1.54, 1.807) is 0 Å². The van der Waals surface area contributed by atoms with Gasteiger partial charge < -0.3 is 9.64 Å². The van der Waals surface area contributed by atoms with E-state index in [2.05, 4.69) is 23.1 Å². The maximum Gasteiger partial charge on any atom is 0.161 e. The summed E-state index contributed by atoms with van der Waals surface area (Å²) in [4.78, 5) is 11.8. The summed E-state index contributed by atoms with van der Waals surface area (Å²) in [5, 5.41) is 0. The molecule has 2 atom stereocenters. The van der Waals surface area contributed by atoms with Crippen LogP contribution in [0.4, 0.5) is 0 Å². The third-order valence-electron chi connectivity index (χ3n) is 3.88. The number of nitrogens with zero attached hydrogens (tertiary/aromatic N) is 3. The van der Waals surface area contributed by atoms with Crippen molar-refractivity contribution in [1.29, 1.82) is 0 Å². The quantitative estimate of drug-likeness (QED) is 0.670. The molecule has 4 heteroatoms. The summed E-state index contributed by atoms with van der Waals surface area (Å²) in [5.41, 5.74) is 5.09. The fourth-order valence-electron chi connectivity index (χ4n) is 2.90. The Bertz CT molecular complexity index is 765. The van der Waals surface area contributed by atoms with Crippen LogP contribution >= 0.6 is 0 Å². The van der Waals surface area contributed by atoms with E-state index >= 15 is 0 Å². The fourth-order valence-corrected chi connectivity index (χ4v) is 2.90. The number of epoxide rings is 1. The summed E-state index contributed by atoms with van der Waals surface area (Å²) in [5.74, 6) is 0. The minimum atomic E-state index is 0.170. The molecule has 0 radical (unpaired) electrons. The highest BCUT2D eigenvalue weighted by Crippen LogP contribution is 2.41. The first-order valence-corrected chi connectivity index (χ1v) is 6.47. The molecule has 0 amide bonds. The van der Waals surface area contributed by atoms with Crippen molar-refractivity contribution in [2.75, 3.05) is 0 Å². The molecule has 0 bridgehead atoms. The van der Waals surface area contributed by atoms with Crippen molar-refractivity contribution in [3.63, 3.8) is 0 Å². The van der Waals surface area contributed by atoms with Gasteiger partial charge in [0.25, 0.3) is 0 Å². The Balaban J connectivity index is 1.75. The number of benzene rings is 1. The highest BCUT2D eigenvalue weighted by molar-refractivity contribution is 5.79. The van der Waals surface area contributed by atoms with E-state index in [4.69, 9.17) is 14.7 Å². The van der Waals surface area contributed by atoms with E-state index in [-0.39, 0.29) is 12.3 Å². The van der Waals surface area contributed by atoms with Crippen LogP contribution in [0.2, 0.25) is 0 Å². The molecule has 2 aromatic rings. The zero-order valence-corrected chi connectivity index (χ0v) is 10.2. The third-order valence-corrected chi connectivity index (χ3v) is 3.88. The molecule has 0 aliphatic carbocycles. The molecule has 1 saturated heterocycles. The van der Waals surface area contributed by atoms with Crippen LogP contribution in [0.5, 0.6) is 0 Å². The van der Waals surface area contributed by atoms with Gasteiger partial charge in [0.2, 0.25) is 0 Å². The molecule has 0 saturated carbocycles. The second-order valence-electron chi connectivity index (χ2n) is 5.06. The lowest BCUT2D eigenvalue weighted by Gasteiger charge is -2.15. The molecule has 1 fully saturated rings. The van der Waals surface area contributed by atoms with Crippen LogP contribution in [0, 0.1) is 0 Å². The van der Waals surface area contributed by atoms with Gasteiger partial charge in [-0.25, -0.2) is 9.97 Å². The minimum Gasteiger partial charge on any atom is -0.343 e. The monoisotopic (exact) mass is 249 g/mol. The van der Waals surface area contributed by atoms with E-state index < -0.39 is 0 Å². The number of fused-ring (bicyclic) bond motifs is 6. The molecule has 2 unspecified atom stereocenters. The largest absolute Gasteiger partial charge is 0.343 e. The Morgan fingerprint density at radius 3 is 2.89 bits per heavy atom. The van der Waals surface area contributed by atoms with Crippen molar-refractivity contribution < 1.29 is 4.74 Å². The van der Waals surface area contributed by atoms with Gasteiger partial charge in [-0.3, -0.25) is 0 Å². The zero-order chi connectivity index (χ0) is 12.4. The SMILES string of the molecule is C1=CC2OC2N2Cc3nc4ccccc4nc3C2=C1. The van der Waals surface area contributed by atoms with Crippen LogP contribution in [-0.4, -0.2) is 27.2 Å². The highest BCUT2D eigenvalue weighted by Gasteiger charge is 2.47. The molecule has 0 N–H and O–H groups in total. The van der Waals surface area contributed by atoms with Crippen LogP contribution in [0.15, 0.2) is 42.5 Å². The smallest absolute Gasteiger partial charge is 0.161 e. The van der Waals surface area contributed by atoms with Crippen LogP contribution in [-0.2, 0) is 11.3 Å². The van der Waals surface area contributed by atoms with Gasteiger partial charge in [-0.15, -0.1) is 0 Å². The summed E-state index contributed by atoms with van der Waals surface area (Å²) < 4.78 is 5.64. The van der Waals surface area contributed by atoms with E-state index in [0.717, 1.165) is 34.7 Å². The van der Waals surface area contributed by atoms with Crippen molar-refractivity contribution in [2.45, 2.75) is 18.9 Å². The third kappa shape index (κ3) is 1.26. The summed E-state index contributed by atoms with van der Waals surface area (Å²) in [6.07, 6.45) is 6.68. The van der Waals surface area contributed by atoms with Crippen LogP contribution in [0.1, 0.15) is 11.4 Å². The molecular weight excluding hydrogens is 238 g/mol. The number of aromatic nitrogens is 2. The molecule has 19 heavy (non-hydrogen) atoms. The lowest BCUT2D eigenvalue weighted by atomic mass is 10.2. The fraction of sp³-hybridized carbons (Fsp3) is 0.200. The standard InChI is InChI=1S/C15H11N3O/c1-2-5-10-9(4-1)16-11-8-18-12(14(11)17-10)6-3-7-13-15(18)19-13/h1-7,13,15H,8H2. The predicted molar refractivity (Wildman–Crippen MR) is 70.9 cm³/mol. The van der Waals surface area contributed by atoms with Gasteiger partial charge in [0.05, 0.1) is 29.0 Å². The molecule has 4 nitrogen and oxygen atoms in total. The maximum absolute atomic E-state index is 5.64. The molecule has 92 valence electrons. The Labute approximate surface area is 110 Å². The van der Waals surface area contributed by atoms with Crippen molar-refractivity contribution in [3.05, 3.63) is 53.9 Å². The number of para-hydroxylation sites is 2. The number of hydrogen-bond donors (Lipinski definition) is 0. The first kappa shape index (κ1) is 9.69. The van der Waals surface area contributed by atoms with Gasteiger partial charge in [-0.2, -0.15) is 0 Å². The second-order valence-corrected chi connectivity index (χ2v) is 5.06. The van der Waals surface area contributed by atoms with Crippen molar-refractivity contribution in [1.82, 2.24) is 14.9 Å². The molecule has 5 rings (SSSR count). The molecule has 4 heterocycles. The summed E-state index contributed by atoms with van der Waals surface area (Å²) >= 11 is 0.